The van der Waals surface area contributed by atoms with Crippen molar-refractivity contribution in [2.75, 3.05) is 32.9 Å². The summed E-state index contributed by atoms with van der Waals surface area (Å²) in [4.78, 5) is 14.5. The average Bonchev–Trinajstić information content (AvgIpc) is 2.51. The highest BCUT2D eigenvalue weighted by atomic mass is 16.5. The monoisotopic (exact) mass is 298 g/mol. The molecule has 21 heavy (non-hydrogen) atoms. The lowest BCUT2D eigenvalue weighted by molar-refractivity contribution is -0.139. The second-order valence-corrected chi connectivity index (χ2v) is 6.22. The van der Waals surface area contributed by atoms with Crippen LogP contribution in [-0.2, 0) is 14.3 Å². The first kappa shape index (κ1) is 16.7. The molecule has 0 spiro atoms. The van der Waals surface area contributed by atoms with Gasteiger partial charge in [-0.05, 0) is 39.0 Å². The predicted octanol–water partition coefficient (Wildman–Crippen LogP) is 1.55. The van der Waals surface area contributed by atoms with Crippen molar-refractivity contribution in [2.45, 2.75) is 57.6 Å². The number of ether oxygens (including phenoxy) is 2. The summed E-state index contributed by atoms with van der Waals surface area (Å²) in [6.07, 6.45) is 6.20. The van der Waals surface area contributed by atoms with E-state index in [0.717, 1.165) is 58.2 Å². The highest BCUT2D eigenvalue weighted by Crippen LogP contribution is 2.26. The van der Waals surface area contributed by atoms with Crippen LogP contribution in [0.15, 0.2) is 0 Å². The molecule has 2 rings (SSSR count). The smallest absolute Gasteiger partial charge is 0.225 e. The Kier molecular flexibility index (Phi) is 6.93. The minimum Gasteiger partial charge on any atom is -0.379 e. The fourth-order valence-electron chi connectivity index (χ4n) is 3.37. The first-order chi connectivity index (χ1) is 10.2. The Morgan fingerprint density at radius 1 is 1.19 bits per heavy atom. The summed E-state index contributed by atoms with van der Waals surface area (Å²) >= 11 is 0. The van der Waals surface area contributed by atoms with E-state index in [4.69, 9.17) is 15.2 Å². The van der Waals surface area contributed by atoms with E-state index in [0.29, 0.717) is 19.1 Å². The third-order valence-corrected chi connectivity index (χ3v) is 4.60. The number of carbonyl (C=O) groups excluding carboxylic acids is 1. The Bertz CT molecular complexity index is 317. The van der Waals surface area contributed by atoms with Crippen LogP contribution in [0.3, 0.4) is 0 Å². The molecule has 1 saturated carbocycles. The molecule has 0 aromatic carbocycles. The van der Waals surface area contributed by atoms with E-state index in [9.17, 15) is 4.79 Å². The number of likely N-dealkylation sites (tertiary alicyclic amines) is 1. The van der Waals surface area contributed by atoms with Crippen LogP contribution in [0.2, 0.25) is 0 Å². The van der Waals surface area contributed by atoms with Crippen LogP contribution in [0.4, 0.5) is 0 Å². The molecule has 0 aromatic rings. The second kappa shape index (κ2) is 8.71. The van der Waals surface area contributed by atoms with Gasteiger partial charge < -0.3 is 20.1 Å². The molecule has 0 radical (unpaired) electrons. The Balaban J connectivity index is 1.67. The Hall–Kier alpha value is -0.650. The molecule has 1 aliphatic carbocycles. The van der Waals surface area contributed by atoms with Crippen LogP contribution in [-0.4, -0.2) is 55.9 Å². The van der Waals surface area contributed by atoms with Gasteiger partial charge in [-0.25, -0.2) is 0 Å². The molecular formula is C16H30N2O3. The number of hydrogen-bond acceptors (Lipinski definition) is 4. The maximum Gasteiger partial charge on any atom is 0.225 e. The predicted molar refractivity (Wildman–Crippen MR) is 82.0 cm³/mol. The summed E-state index contributed by atoms with van der Waals surface area (Å²) in [6, 6.07) is 0.215. The molecule has 5 heteroatoms. The number of nitrogens with two attached hydrogens (primary N) is 1. The maximum absolute atomic E-state index is 12.5. The lowest BCUT2D eigenvalue weighted by Gasteiger charge is -2.36. The molecule has 2 N–H and O–H groups in total. The van der Waals surface area contributed by atoms with Crippen LogP contribution in [0.1, 0.15) is 45.4 Å². The van der Waals surface area contributed by atoms with Crippen molar-refractivity contribution in [1.29, 1.82) is 0 Å². The third-order valence-electron chi connectivity index (χ3n) is 4.60. The van der Waals surface area contributed by atoms with Gasteiger partial charge in [0.05, 0.1) is 19.3 Å². The zero-order valence-corrected chi connectivity index (χ0v) is 13.3. The van der Waals surface area contributed by atoms with E-state index in [2.05, 4.69) is 0 Å². The number of nitrogens with zero attached hydrogens (tertiary/aromatic N) is 1. The van der Waals surface area contributed by atoms with Crippen molar-refractivity contribution >= 4 is 5.91 Å². The Morgan fingerprint density at radius 2 is 1.95 bits per heavy atom. The summed E-state index contributed by atoms with van der Waals surface area (Å²) in [5.41, 5.74) is 5.99. The molecule has 1 amide bonds. The average molecular weight is 298 g/mol. The summed E-state index contributed by atoms with van der Waals surface area (Å²) in [5.74, 6) is 0.474. The zero-order valence-electron chi connectivity index (χ0n) is 13.3. The zero-order chi connectivity index (χ0) is 15.1. The van der Waals surface area contributed by atoms with Crippen molar-refractivity contribution in [3.8, 4) is 0 Å². The lowest BCUT2D eigenvalue weighted by atomic mass is 9.85. The van der Waals surface area contributed by atoms with Gasteiger partial charge in [0, 0.05) is 31.7 Å². The summed E-state index contributed by atoms with van der Waals surface area (Å²) in [7, 11) is 0. The van der Waals surface area contributed by atoms with E-state index in [-0.39, 0.29) is 18.1 Å². The second-order valence-electron chi connectivity index (χ2n) is 6.22. The minimum absolute atomic E-state index is 0.157. The lowest BCUT2D eigenvalue weighted by Crippen LogP contribution is -2.45. The highest BCUT2D eigenvalue weighted by molar-refractivity contribution is 5.79. The van der Waals surface area contributed by atoms with Gasteiger partial charge in [0.2, 0.25) is 5.91 Å². The van der Waals surface area contributed by atoms with Crippen LogP contribution < -0.4 is 5.73 Å². The molecule has 0 aromatic heterocycles. The molecule has 2 atom stereocenters. The SMILES string of the molecule is CCOCCOC1CCN(C(=O)C2CCCC(N)C2)CC1. The van der Waals surface area contributed by atoms with Gasteiger partial charge in [-0.2, -0.15) is 0 Å². The molecule has 2 aliphatic rings. The van der Waals surface area contributed by atoms with Crippen LogP contribution in [0, 0.1) is 5.92 Å². The van der Waals surface area contributed by atoms with Crippen molar-refractivity contribution in [3.63, 3.8) is 0 Å². The normalized spacial score (nSPS) is 27.8. The number of amides is 1. The number of piperidine rings is 1. The molecule has 0 bridgehead atoms. The van der Waals surface area contributed by atoms with Gasteiger partial charge >= 0.3 is 0 Å². The van der Waals surface area contributed by atoms with Crippen molar-refractivity contribution in [2.24, 2.45) is 11.7 Å². The van der Waals surface area contributed by atoms with Crippen molar-refractivity contribution < 1.29 is 14.3 Å². The standard InChI is InChI=1S/C16H30N2O3/c1-2-20-10-11-21-15-6-8-18(9-7-15)16(19)13-4-3-5-14(17)12-13/h13-15H,2-12,17H2,1H3. The van der Waals surface area contributed by atoms with Crippen LogP contribution in [0.25, 0.3) is 0 Å². The topological polar surface area (TPSA) is 64.8 Å². The summed E-state index contributed by atoms with van der Waals surface area (Å²) in [6.45, 7) is 5.69. The molecule has 1 aliphatic heterocycles. The van der Waals surface area contributed by atoms with Gasteiger partial charge in [-0.15, -0.1) is 0 Å². The molecule has 122 valence electrons. The van der Waals surface area contributed by atoms with E-state index >= 15 is 0 Å². The first-order valence-corrected chi connectivity index (χ1v) is 8.44. The third kappa shape index (κ3) is 5.24. The first-order valence-electron chi connectivity index (χ1n) is 8.44. The van der Waals surface area contributed by atoms with Gasteiger partial charge in [0.25, 0.3) is 0 Å². The van der Waals surface area contributed by atoms with Gasteiger partial charge in [0.15, 0.2) is 0 Å². The molecule has 1 saturated heterocycles. The molecular weight excluding hydrogens is 268 g/mol. The molecule has 1 heterocycles. The number of hydrogen-bond donors (Lipinski definition) is 1. The van der Waals surface area contributed by atoms with E-state index < -0.39 is 0 Å². The quantitative estimate of drug-likeness (QED) is 0.756. The fraction of sp³-hybridized carbons (Fsp3) is 0.938. The molecule has 5 nitrogen and oxygen atoms in total. The minimum atomic E-state index is 0.157. The summed E-state index contributed by atoms with van der Waals surface area (Å²) in [5, 5.41) is 0. The highest BCUT2D eigenvalue weighted by Gasteiger charge is 2.31. The Labute approximate surface area is 128 Å². The van der Waals surface area contributed by atoms with E-state index in [1.54, 1.807) is 0 Å². The number of carbonyl (C=O) groups is 1. The van der Waals surface area contributed by atoms with Gasteiger partial charge in [0.1, 0.15) is 0 Å². The van der Waals surface area contributed by atoms with Crippen molar-refractivity contribution in [3.05, 3.63) is 0 Å². The molecule has 2 unspecified atom stereocenters. The van der Waals surface area contributed by atoms with Gasteiger partial charge in [-0.1, -0.05) is 6.42 Å². The van der Waals surface area contributed by atoms with Crippen LogP contribution >= 0.6 is 0 Å². The van der Waals surface area contributed by atoms with E-state index in [1.165, 1.54) is 0 Å². The summed E-state index contributed by atoms with van der Waals surface area (Å²) < 4.78 is 11.1. The largest absolute Gasteiger partial charge is 0.379 e. The van der Waals surface area contributed by atoms with Crippen LogP contribution in [0.5, 0.6) is 0 Å². The van der Waals surface area contributed by atoms with E-state index in [1.807, 2.05) is 11.8 Å². The van der Waals surface area contributed by atoms with Crippen molar-refractivity contribution in [1.82, 2.24) is 4.90 Å². The maximum atomic E-state index is 12.5. The number of rotatable bonds is 6. The fourth-order valence-corrected chi connectivity index (χ4v) is 3.37. The molecule has 2 fully saturated rings. The van der Waals surface area contributed by atoms with Gasteiger partial charge in [-0.3, -0.25) is 4.79 Å². The Morgan fingerprint density at radius 3 is 2.62 bits per heavy atom.